The molecule has 1 saturated carbocycles. The molecule has 8 nitrogen and oxygen atoms in total. The average Bonchev–Trinajstić information content (AvgIpc) is 2.87. The second-order valence-electron chi connectivity index (χ2n) is 8.97. The molecule has 34 heavy (non-hydrogen) atoms. The molecule has 0 unspecified atom stereocenters. The highest BCUT2D eigenvalue weighted by Gasteiger charge is 2.48. The zero-order chi connectivity index (χ0) is 24.0. The van der Waals surface area contributed by atoms with Crippen LogP contribution in [0.1, 0.15) is 44.1 Å². The monoisotopic (exact) mass is 462 g/mol. The van der Waals surface area contributed by atoms with E-state index in [4.69, 9.17) is 10.5 Å². The maximum Gasteiger partial charge on any atom is 0.251 e. The van der Waals surface area contributed by atoms with Crippen molar-refractivity contribution in [3.05, 3.63) is 66.5 Å². The molecule has 0 radical (unpaired) electrons. The number of nitrogens with one attached hydrogen (secondary N) is 2. The molecule has 1 aromatic heterocycles. The second-order valence-corrected chi connectivity index (χ2v) is 8.97. The van der Waals surface area contributed by atoms with E-state index in [1.54, 1.807) is 42.7 Å². The van der Waals surface area contributed by atoms with Gasteiger partial charge in [0, 0.05) is 12.4 Å². The number of ketones is 1. The van der Waals surface area contributed by atoms with E-state index >= 15 is 0 Å². The first kappa shape index (κ1) is 23.6. The Morgan fingerprint density at radius 3 is 2.50 bits per heavy atom. The van der Waals surface area contributed by atoms with Gasteiger partial charge in [0.05, 0.1) is 0 Å². The van der Waals surface area contributed by atoms with Crippen molar-refractivity contribution in [3.63, 3.8) is 0 Å². The SMILES string of the molecule is N[C@@](CC1CCCCC1)(C(=O)C=Cc1ccncc1)C(=O)N[C@@H]1C(=O)N[C@H]1Oc1ccccc1. The number of carbonyl (C=O) groups is 3. The fourth-order valence-electron chi connectivity index (χ4n) is 4.46. The maximum atomic E-state index is 13.4. The number of pyridine rings is 1. The Morgan fingerprint density at radius 2 is 1.82 bits per heavy atom. The molecule has 8 heteroatoms. The van der Waals surface area contributed by atoms with Crippen LogP contribution >= 0.6 is 0 Å². The van der Waals surface area contributed by atoms with E-state index < -0.39 is 29.5 Å². The van der Waals surface area contributed by atoms with Crippen molar-refractivity contribution in [2.24, 2.45) is 11.7 Å². The summed E-state index contributed by atoms with van der Waals surface area (Å²) >= 11 is 0. The smallest absolute Gasteiger partial charge is 0.251 e. The van der Waals surface area contributed by atoms with E-state index in [-0.39, 0.29) is 18.2 Å². The van der Waals surface area contributed by atoms with E-state index in [9.17, 15) is 14.4 Å². The summed E-state index contributed by atoms with van der Waals surface area (Å²) in [5, 5.41) is 5.31. The topological polar surface area (TPSA) is 123 Å². The maximum absolute atomic E-state index is 13.4. The predicted octanol–water partition coefficient (Wildman–Crippen LogP) is 2.35. The number of hydrogen-bond donors (Lipinski definition) is 3. The second kappa shape index (κ2) is 10.6. The Bertz CT molecular complexity index is 1040. The van der Waals surface area contributed by atoms with Gasteiger partial charge in [0.2, 0.25) is 12.1 Å². The number of benzene rings is 1. The summed E-state index contributed by atoms with van der Waals surface area (Å²) in [5.74, 6) is -0.802. The Morgan fingerprint density at radius 1 is 1.12 bits per heavy atom. The van der Waals surface area contributed by atoms with Crippen molar-refractivity contribution in [2.75, 3.05) is 0 Å². The van der Waals surface area contributed by atoms with Crippen LogP contribution in [0.3, 0.4) is 0 Å². The van der Waals surface area contributed by atoms with Crippen LogP contribution < -0.4 is 21.1 Å². The number of nitrogens with zero attached hydrogens (tertiary/aromatic N) is 1. The highest BCUT2D eigenvalue weighted by atomic mass is 16.5. The third-order valence-electron chi connectivity index (χ3n) is 6.48. The Balaban J connectivity index is 1.50. The molecular formula is C26H30N4O4. The highest BCUT2D eigenvalue weighted by molar-refractivity contribution is 6.17. The molecular weight excluding hydrogens is 432 g/mol. The molecule has 2 amide bonds. The zero-order valence-electron chi connectivity index (χ0n) is 19.0. The molecule has 1 aromatic carbocycles. The molecule has 3 atom stereocenters. The van der Waals surface area contributed by atoms with Gasteiger partial charge in [-0.25, -0.2) is 0 Å². The minimum atomic E-state index is -1.78. The van der Waals surface area contributed by atoms with E-state index in [0.717, 1.165) is 37.7 Å². The van der Waals surface area contributed by atoms with Crippen LogP contribution in [-0.2, 0) is 14.4 Å². The van der Waals surface area contributed by atoms with Gasteiger partial charge in [0.25, 0.3) is 5.91 Å². The number of aromatic nitrogens is 1. The minimum absolute atomic E-state index is 0.175. The van der Waals surface area contributed by atoms with Gasteiger partial charge in [-0.05, 0) is 48.2 Å². The van der Waals surface area contributed by atoms with Crippen LogP contribution in [0.25, 0.3) is 6.08 Å². The molecule has 1 aliphatic carbocycles. The van der Waals surface area contributed by atoms with Crippen LogP contribution in [0.4, 0.5) is 0 Å². The summed E-state index contributed by atoms with van der Waals surface area (Å²) in [6.07, 6.45) is 10.8. The largest absolute Gasteiger partial charge is 0.468 e. The molecule has 1 aliphatic heterocycles. The van der Waals surface area contributed by atoms with E-state index in [0.29, 0.717) is 5.75 Å². The standard InChI is InChI=1S/C26H30N4O4/c27-26(17-19-7-3-1-4-8-19,21(31)12-11-18-13-15-28-16-14-18)25(33)29-22-23(32)30-24(22)34-20-9-5-2-6-10-20/h2,5-6,9-16,19,22,24H,1,3-4,7-8,17,27H2,(H,29,33)(H,30,32)/t22-,24+,26+/m1/s1. The number of hydrogen-bond acceptors (Lipinski definition) is 6. The van der Waals surface area contributed by atoms with Crippen molar-refractivity contribution in [2.45, 2.75) is 56.3 Å². The number of nitrogens with two attached hydrogens (primary N) is 1. The van der Waals surface area contributed by atoms with Crippen molar-refractivity contribution < 1.29 is 19.1 Å². The molecule has 178 valence electrons. The molecule has 4 rings (SSSR count). The number of β-lactam (4-membered cyclic amide) rings is 1. The van der Waals surface area contributed by atoms with Gasteiger partial charge in [-0.2, -0.15) is 0 Å². The fourth-order valence-corrected chi connectivity index (χ4v) is 4.46. The van der Waals surface area contributed by atoms with Crippen molar-refractivity contribution >= 4 is 23.7 Å². The zero-order valence-corrected chi connectivity index (χ0v) is 19.0. The van der Waals surface area contributed by atoms with Crippen LogP contribution in [-0.4, -0.2) is 40.4 Å². The summed E-state index contributed by atoms with van der Waals surface area (Å²) in [6, 6.07) is 11.6. The number of carbonyl (C=O) groups excluding carboxylic acids is 3. The Labute approximate surface area is 199 Å². The average molecular weight is 463 g/mol. The summed E-state index contributed by atoms with van der Waals surface area (Å²) in [6.45, 7) is 0. The van der Waals surface area contributed by atoms with Gasteiger partial charge < -0.3 is 21.1 Å². The molecule has 2 heterocycles. The molecule has 2 fully saturated rings. The van der Waals surface area contributed by atoms with Gasteiger partial charge in [0.15, 0.2) is 17.4 Å². The third-order valence-corrected chi connectivity index (χ3v) is 6.48. The summed E-state index contributed by atoms with van der Waals surface area (Å²) in [4.78, 5) is 42.9. The number of rotatable bonds is 9. The first-order valence-corrected chi connectivity index (χ1v) is 11.7. The van der Waals surface area contributed by atoms with Crippen LogP contribution in [0, 0.1) is 5.92 Å². The first-order valence-electron chi connectivity index (χ1n) is 11.7. The van der Waals surface area contributed by atoms with E-state index in [1.807, 2.05) is 18.2 Å². The van der Waals surface area contributed by atoms with Gasteiger partial charge in [0.1, 0.15) is 5.75 Å². The Kier molecular flexibility index (Phi) is 7.37. The fraction of sp³-hybridized carbons (Fsp3) is 0.385. The van der Waals surface area contributed by atoms with Crippen molar-refractivity contribution in [1.82, 2.24) is 15.6 Å². The van der Waals surface area contributed by atoms with Gasteiger partial charge >= 0.3 is 0 Å². The van der Waals surface area contributed by atoms with E-state index in [2.05, 4.69) is 15.6 Å². The molecule has 4 N–H and O–H groups in total. The quantitative estimate of drug-likeness (QED) is 0.299. The summed E-state index contributed by atoms with van der Waals surface area (Å²) < 4.78 is 5.77. The van der Waals surface area contributed by atoms with Crippen LogP contribution in [0.5, 0.6) is 5.75 Å². The predicted molar refractivity (Wildman–Crippen MR) is 127 cm³/mol. The molecule has 2 aromatic rings. The van der Waals surface area contributed by atoms with Gasteiger partial charge in [-0.3, -0.25) is 19.4 Å². The first-order chi connectivity index (χ1) is 16.5. The minimum Gasteiger partial charge on any atom is -0.468 e. The Hall–Kier alpha value is -3.52. The van der Waals surface area contributed by atoms with Gasteiger partial charge in [-0.1, -0.05) is 56.4 Å². The lowest BCUT2D eigenvalue weighted by molar-refractivity contribution is -0.146. The van der Waals surface area contributed by atoms with Crippen molar-refractivity contribution in [1.29, 1.82) is 0 Å². The molecule has 2 aliphatic rings. The van der Waals surface area contributed by atoms with Crippen molar-refractivity contribution in [3.8, 4) is 5.75 Å². The third kappa shape index (κ3) is 5.51. The summed E-state index contributed by atoms with van der Waals surface area (Å²) in [7, 11) is 0. The molecule has 0 bridgehead atoms. The summed E-state index contributed by atoms with van der Waals surface area (Å²) in [5.41, 5.74) is 5.55. The highest BCUT2D eigenvalue weighted by Crippen LogP contribution is 2.31. The van der Waals surface area contributed by atoms with Crippen LogP contribution in [0.2, 0.25) is 0 Å². The number of ether oxygens (including phenoxy) is 1. The number of para-hydroxylation sites is 1. The van der Waals surface area contributed by atoms with Crippen LogP contribution in [0.15, 0.2) is 60.9 Å². The lowest BCUT2D eigenvalue weighted by Crippen LogP contribution is -2.74. The molecule has 1 saturated heterocycles. The lowest BCUT2D eigenvalue weighted by Gasteiger charge is -2.39. The molecule has 0 spiro atoms. The lowest BCUT2D eigenvalue weighted by atomic mass is 9.77. The van der Waals surface area contributed by atoms with E-state index in [1.165, 1.54) is 6.08 Å². The normalized spacial score (nSPS) is 22.3. The number of amides is 2. The van der Waals surface area contributed by atoms with Gasteiger partial charge in [-0.15, -0.1) is 0 Å².